The van der Waals surface area contributed by atoms with Gasteiger partial charge >= 0.3 is 17.9 Å². The van der Waals surface area contributed by atoms with Gasteiger partial charge in [0.1, 0.15) is 12.4 Å². The first-order valence-electron chi connectivity index (χ1n) is 12.6. The number of hydrogen-bond acceptors (Lipinski definition) is 8. The van der Waals surface area contributed by atoms with Gasteiger partial charge in [0.15, 0.2) is 5.60 Å². The van der Waals surface area contributed by atoms with Crippen LogP contribution in [-0.2, 0) is 27.5 Å². The molecule has 0 aliphatic carbocycles. The van der Waals surface area contributed by atoms with E-state index in [0.717, 1.165) is 38.3 Å². The number of aliphatic hydroxyl groups is 1. The van der Waals surface area contributed by atoms with Crippen molar-refractivity contribution in [3.05, 3.63) is 76.0 Å². The highest BCUT2D eigenvalue weighted by molar-refractivity contribution is 7.11. The van der Waals surface area contributed by atoms with Crippen LogP contribution >= 0.6 is 11.3 Å². The number of carboxylic acid groups (broad SMARTS) is 3. The zero-order valence-corrected chi connectivity index (χ0v) is 22.9. The average molecular weight is 572 g/mol. The number of rotatable bonds is 13. The van der Waals surface area contributed by atoms with Crippen LogP contribution in [0.15, 0.2) is 60.7 Å². The van der Waals surface area contributed by atoms with Gasteiger partial charge in [0.05, 0.1) is 19.2 Å². The molecular weight excluding hydrogens is 538 g/mol. The molecule has 4 N–H and O–H groups in total. The maximum Gasteiger partial charge on any atom is 0.336 e. The van der Waals surface area contributed by atoms with Gasteiger partial charge in [0.2, 0.25) is 0 Å². The molecule has 12 heteroatoms. The van der Waals surface area contributed by atoms with Gasteiger partial charge < -0.3 is 29.7 Å². The van der Waals surface area contributed by atoms with E-state index in [4.69, 9.17) is 25.2 Å². The molecule has 0 atom stereocenters. The molecular formula is C28H33N3O8S. The number of para-hydroxylation sites is 1. The first kappa shape index (κ1) is 30.5. The van der Waals surface area contributed by atoms with Crippen LogP contribution in [0.25, 0.3) is 6.08 Å². The molecule has 0 saturated heterocycles. The minimum Gasteiger partial charge on any atom is -0.489 e. The molecule has 0 radical (unpaired) electrons. The van der Waals surface area contributed by atoms with E-state index in [1.807, 2.05) is 42.2 Å². The summed E-state index contributed by atoms with van der Waals surface area (Å²) >= 11 is 1.89. The molecule has 0 saturated carbocycles. The highest BCUT2D eigenvalue weighted by atomic mass is 32.1. The molecule has 1 aromatic carbocycles. The molecule has 0 amide bonds. The number of nitrogens with zero attached hydrogens (tertiary/aromatic N) is 3. The average Bonchev–Trinajstić information content (AvgIpc) is 3.55. The van der Waals surface area contributed by atoms with Gasteiger partial charge in [-0.3, -0.25) is 14.5 Å². The van der Waals surface area contributed by atoms with Crippen LogP contribution in [0.1, 0.15) is 34.6 Å². The lowest BCUT2D eigenvalue weighted by molar-refractivity contribution is -0.170. The van der Waals surface area contributed by atoms with E-state index in [1.165, 1.54) is 20.9 Å². The van der Waals surface area contributed by atoms with Crippen LogP contribution < -0.4 is 4.74 Å². The van der Waals surface area contributed by atoms with Gasteiger partial charge in [0, 0.05) is 53.9 Å². The summed E-state index contributed by atoms with van der Waals surface area (Å²) in [5.74, 6) is -4.03. The van der Waals surface area contributed by atoms with E-state index in [2.05, 4.69) is 51.7 Å². The number of fused-ring (bicyclic) bond motifs is 1. The van der Waals surface area contributed by atoms with E-state index >= 15 is 0 Å². The molecule has 0 unspecified atom stereocenters. The molecule has 40 heavy (non-hydrogen) atoms. The number of ether oxygens (including phenoxy) is 1. The second kappa shape index (κ2) is 14.4. The fourth-order valence-corrected chi connectivity index (χ4v) is 5.09. The minimum atomic E-state index is -2.74. The predicted octanol–water partition coefficient (Wildman–Crippen LogP) is 3.37. The van der Waals surface area contributed by atoms with Crippen LogP contribution in [0.5, 0.6) is 5.75 Å². The smallest absolute Gasteiger partial charge is 0.336 e. The van der Waals surface area contributed by atoms with Crippen LogP contribution in [0.2, 0.25) is 0 Å². The number of hydrogen-bond donors (Lipinski definition) is 4. The number of benzene rings is 1. The molecule has 214 valence electrons. The van der Waals surface area contributed by atoms with Crippen molar-refractivity contribution in [3.8, 4) is 5.75 Å². The Hall–Kier alpha value is -4.00. The fraction of sp³-hybridized carbons (Fsp3) is 0.357. The summed E-state index contributed by atoms with van der Waals surface area (Å²) in [6.07, 6.45) is 6.87. The number of aromatic nitrogens is 2. The number of carboxylic acids is 3. The van der Waals surface area contributed by atoms with Crippen molar-refractivity contribution in [2.75, 3.05) is 19.7 Å². The van der Waals surface area contributed by atoms with Gasteiger partial charge in [-0.05, 0) is 43.2 Å². The maximum absolute atomic E-state index is 10.3. The lowest BCUT2D eigenvalue weighted by atomic mass is 9.96. The van der Waals surface area contributed by atoms with E-state index < -0.39 is 36.4 Å². The number of aryl methyl sites for hydroxylation is 2. The second-order valence-electron chi connectivity index (χ2n) is 9.48. The summed E-state index contributed by atoms with van der Waals surface area (Å²) in [6.45, 7) is 6.83. The van der Waals surface area contributed by atoms with Gasteiger partial charge in [-0.25, -0.2) is 9.78 Å². The first-order valence-corrected chi connectivity index (χ1v) is 13.4. The quantitative estimate of drug-likeness (QED) is 0.239. The van der Waals surface area contributed by atoms with Gasteiger partial charge in [-0.15, -0.1) is 11.3 Å². The molecule has 11 nitrogen and oxygen atoms in total. The van der Waals surface area contributed by atoms with Gasteiger partial charge in [0.25, 0.3) is 0 Å². The lowest BCUT2D eigenvalue weighted by Gasteiger charge is -2.26. The van der Waals surface area contributed by atoms with Crippen molar-refractivity contribution in [1.29, 1.82) is 0 Å². The van der Waals surface area contributed by atoms with Crippen molar-refractivity contribution in [2.24, 2.45) is 0 Å². The van der Waals surface area contributed by atoms with Crippen molar-refractivity contribution in [2.45, 2.75) is 44.9 Å². The van der Waals surface area contributed by atoms with E-state index in [-0.39, 0.29) is 0 Å². The summed E-state index contributed by atoms with van der Waals surface area (Å²) in [5, 5.41) is 33.8. The van der Waals surface area contributed by atoms with Crippen molar-refractivity contribution >= 4 is 35.3 Å². The van der Waals surface area contributed by atoms with Crippen molar-refractivity contribution < 1.29 is 39.5 Å². The van der Waals surface area contributed by atoms with Gasteiger partial charge in [-0.2, -0.15) is 0 Å². The van der Waals surface area contributed by atoms with E-state index in [1.54, 1.807) is 0 Å². The summed E-state index contributed by atoms with van der Waals surface area (Å²) in [7, 11) is 0. The summed E-state index contributed by atoms with van der Waals surface area (Å²) in [6, 6.07) is 12.7. The van der Waals surface area contributed by atoms with Crippen LogP contribution in [0, 0.1) is 6.92 Å². The summed E-state index contributed by atoms with van der Waals surface area (Å²) in [5.41, 5.74) is -0.216. The molecule has 1 aliphatic heterocycles. The zero-order chi connectivity index (χ0) is 29.1. The largest absolute Gasteiger partial charge is 0.489 e. The van der Waals surface area contributed by atoms with Crippen molar-refractivity contribution in [3.63, 3.8) is 0 Å². The number of thiophene rings is 1. The summed E-state index contributed by atoms with van der Waals surface area (Å²) < 4.78 is 8.10. The van der Waals surface area contributed by atoms with Gasteiger partial charge in [-0.1, -0.05) is 18.2 Å². The molecule has 0 fully saturated rings. The van der Waals surface area contributed by atoms with Crippen LogP contribution in [0.3, 0.4) is 0 Å². The third-order valence-electron chi connectivity index (χ3n) is 6.03. The Morgan fingerprint density at radius 1 is 1.07 bits per heavy atom. The molecule has 2 aromatic heterocycles. The minimum absolute atomic E-state index is 0.679. The summed E-state index contributed by atoms with van der Waals surface area (Å²) in [4.78, 5) is 39.9. The predicted molar refractivity (Wildman–Crippen MR) is 148 cm³/mol. The Morgan fingerprint density at radius 2 is 1.80 bits per heavy atom. The highest BCUT2D eigenvalue weighted by Gasteiger charge is 2.40. The van der Waals surface area contributed by atoms with Crippen LogP contribution in [-0.4, -0.2) is 78.1 Å². The Bertz CT molecular complexity index is 1300. The fourth-order valence-electron chi connectivity index (χ4n) is 4.16. The third kappa shape index (κ3) is 9.63. The Morgan fingerprint density at radius 3 is 2.40 bits per heavy atom. The maximum atomic E-state index is 10.3. The molecule has 1 aliphatic rings. The van der Waals surface area contributed by atoms with Crippen molar-refractivity contribution in [1.82, 2.24) is 14.5 Å². The standard InChI is InChI=1S/C22H25N3OS.C6H8O7/c1-18-7-8-21(27-18)15-25(11-4-10-24-12-9-23-17-24)14-19-13-20-5-2-3-6-22(20)26-16-19;7-3(8)1-6(13,5(11)12)2-4(9)10/h2-3,5-9,12-13,17H,4,10-11,14-16H2,1H3;13H,1-2H2,(H,7,8)(H,9,10)(H,11,12). The number of carbonyl (C=O) groups is 3. The topological polar surface area (TPSA) is 162 Å². The molecule has 0 bridgehead atoms. The van der Waals surface area contributed by atoms with Crippen LogP contribution in [0.4, 0.5) is 0 Å². The Kier molecular flexibility index (Phi) is 11.0. The zero-order valence-electron chi connectivity index (χ0n) is 22.1. The molecule has 3 heterocycles. The molecule has 0 spiro atoms. The highest BCUT2D eigenvalue weighted by Crippen LogP contribution is 2.27. The Balaban J connectivity index is 0.000000289. The normalized spacial score (nSPS) is 12.5. The second-order valence-corrected chi connectivity index (χ2v) is 10.9. The van der Waals surface area contributed by atoms with E-state index in [9.17, 15) is 14.4 Å². The third-order valence-corrected chi connectivity index (χ3v) is 7.01. The molecule has 4 rings (SSSR count). The molecule has 3 aromatic rings. The van der Waals surface area contributed by atoms with E-state index in [0.29, 0.717) is 6.61 Å². The SMILES string of the molecule is Cc1ccc(CN(CCCn2ccnc2)CC2=Cc3ccccc3OC2)s1.O=C(O)CC(O)(CC(=O)O)C(=O)O. The number of aliphatic carboxylic acids is 3. The monoisotopic (exact) mass is 571 g/mol. The first-order chi connectivity index (χ1) is 19.0. The lowest BCUT2D eigenvalue weighted by Crippen LogP contribution is -2.42. The Labute approximate surface area is 235 Å². The number of imidazole rings is 1.